The minimum atomic E-state index is 0.310. The largest absolute Gasteiger partial charge is 0.337 e. The average molecular weight is 223 g/mol. The fourth-order valence-electron chi connectivity index (χ4n) is 1.55. The Labute approximate surface area is 99.3 Å². The molecule has 16 heavy (non-hydrogen) atoms. The number of aromatic nitrogens is 2. The predicted octanol–water partition coefficient (Wildman–Crippen LogP) is 2.75. The minimum Gasteiger partial charge on any atom is -0.337 e. The first-order valence-electron chi connectivity index (χ1n) is 6.03. The van der Waals surface area contributed by atoms with Gasteiger partial charge in [0.2, 0.25) is 0 Å². The van der Waals surface area contributed by atoms with Gasteiger partial charge in [0.1, 0.15) is 5.82 Å². The molecule has 0 spiro atoms. The van der Waals surface area contributed by atoms with E-state index < -0.39 is 0 Å². The van der Waals surface area contributed by atoms with Gasteiger partial charge in [0.15, 0.2) is 0 Å². The molecular formula is C13H25N3. The highest BCUT2D eigenvalue weighted by Gasteiger charge is 2.20. The van der Waals surface area contributed by atoms with Gasteiger partial charge >= 0.3 is 0 Å². The maximum atomic E-state index is 4.36. The summed E-state index contributed by atoms with van der Waals surface area (Å²) in [6.45, 7) is 12.3. The van der Waals surface area contributed by atoms with E-state index in [2.05, 4.69) is 49.5 Å². The summed E-state index contributed by atoms with van der Waals surface area (Å²) in [5, 5.41) is 3.55. The standard InChI is InChI=1S/C13H25N3/c1-10(13(3,4)5)9-15-11(2)12-14-7-8-16(12)6/h7-8,10-11,15H,9H2,1-6H3. The monoisotopic (exact) mass is 223 g/mol. The molecule has 0 aliphatic heterocycles. The van der Waals surface area contributed by atoms with Crippen LogP contribution in [0.3, 0.4) is 0 Å². The Balaban J connectivity index is 2.48. The summed E-state index contributed by atoms with van der Waals surface area (Å²) in [5.74, 6) is 1.75. The predicted molar refractivity (Wildman–Crippen MR) is 68.2 cm³/mol. The molecule has 2 atom stereocenters. The molecule has 1 aromatic heterocycles. The summed E-state index contributed by atoms with van der Waals surface area (Å²) in [5.41, 5.74) is 0.356. The molecule has 0 radical (unpaired) electrons. The third-order valence-corrected chi connectivity index (χ3v) is 3.45. The molecule has 0 fully saturated rings. The van der Waals surface area contributed by atoms with Crippen LogP contribution in [0.5, 0.6) is 0 Å². The molecule has 3 heteroatoms. The summed E-state index contributed by atoms with van der Waals surface area (Å²) in [4.78, 5) is 4.36. The Bertz CT molecular complexity index is 322. The van der Waals surface area contributed by atoms with Crippen molar-refractivity contribution in [1.82, 2.24) is 14.9 Å². The summed E-state index contributed by atoms with van der Waals surface area (Å²) in [6, 6.07) is 0.310. The van der Waals surface area contributed by atoms with Crippen molar-refractivity contribution in [2.24, 2.45) is 18.4 Å². The fraction of sp³-hybridized carbons (Fsp3) is 0.769. The summed E-state index contributed by atoms with van der Waals surface area (Å²) in [7, 11) is 2.04. The number of nitrogens with zero attached hydrogens (tertiary/aromatic N) is 2. The molecule has 1 aromatic rings. The quantitative estimate of drug-likeness (QED) is 0.850. The summed E-state index contributed by atoms with van der Waals surface area (Å²) >= 11 is 0. The first-order valence-corrected chi connectivity index (χ1v) is 6.03. The second kappa shape index (κ2) is 5.00. The number of imidazole rings is 1. The Hall–Kier alpha value is -0.830. The summed E-state index contributed by atoms with van der Waals surface area (Å²) in [6.07, 6.45) is 3.83. The van der Waals surface area contributed by atoms with Gasteiger partial charge in [-0.05, 0) is 24.8 Å². The van der Waals surface area contributed by atoms with Crippen LogP contribution in [0.1, 0.15) is 46.5 Å². The van der Waals surface area contributed by atoms with E-state index in [-0.39, 0.29) is 0 Å². The molecule has 0 aromatic carbocycles. The van der Waals surface area contributed by atoms with Crippen molar-refractivity contribution in [3.05, 3.63) is 18.2 Å². The summed E-state index contributed by atoms with van der Waals surface area (Å²) < 4.78 is 2.07. The number of nitrogens with one attached hydrogen (secondary N) is 1. The van der Waals surface area contributed by atoms with Gasteiger partial charge in [-0.2, -0.15) is 0 Å². The van der Waals surface area contributed by atoms with Gasteiger partial charge in [-0.3, -0.25) is 0 Å². The van der Waals surface area contributed by atoms with E-state index in [1.54, 1.807) is 0 Å². The van der Waals surface area contributed by atoms with Gasteiger partial charge < -0.3 is 9.88 Å². The minimum absolute atomic E-state index is 0.310. The van der Waals surface area contributed by atoms with E-state index in [1.165, 1.54) is 0 Å². The zero-order valence-electron chi connectivity index (χ0n) is 11.4. The lowest BCUT2D eigenvalue weighted by atomic mass is 9.82. The van der Waals surface area contributed by atoms with Crippen molar-refractivity contribution in [3.8, 4) is 0 Å². The van der Waals surface area contributed by atoms with E-state index in [9.17, 15) is 0 Å². The number of hydrogen-bond donors (Lipinski definition) is 1. The second-order valence-electron chi connectivity index (χ2n) is 5.79. The smallest absolute Gasteiger partial charge is 0.125 e. The van der Waals surface area contributed by atoms with Crippen LogP contribution in [0.2, 0.25) is 0 Å². The van der Waals surface area contributed by atoms with Gasteiger partial charge in [0.05, 0.1) is 6.04 Å². The van der Waals surface area contributed by atoms with Crippen molar-refractivity contribution in [1.29, 1.82) is 0 Å². The zero-order valence-corrected chi connectivity index (χ0v) is 11.4. The Morgan fingerprint density at radius 1 is 1.38 bits per heavy atom. The molecule has 3 nitrogen and oxygen atoms in total. The SMILES string of the molecule is CC(NCC(C)C(C)(C)C)c1nccn1C. The Morgan fingerprint density at radius 3 is 2.44 bits per heavy atom. The molecule has 1 N–H and O–H groups in total. The number of aryl methyl sites for hydroxylation is 1. The van der Waals surface area contributed by atoms with E-state index in [1.807, 2.05) is 19.4 Å². The van der Waals surface area contributed by atoms with Gasteiger partial charge in [-0.15, -0.1) is 0 Å². The van der Waals surface area contributed by atoms with Crippen molar-refractivity contribution in [2.45, 2.75) is 40.7 Å². The van der Waals surface area contributed by atoms with Crippen molar-refractivity contribution in [3.63, 3.8) is 0 Å². The highest BCUT2D eigenvalue weighted by molar-refractivity contribution is 4.97. The number of rotatable bonds is 4. The maximum Gasteiger partial charge on any atom is 0.125 e. The Morgan fingerprint density at radius 2 is 2.00 bits per heavy atom. The molecule has 0 aliphatic rings. The molecule has 0 bridgehead atoms. The Kier molecular flexibility index (Phi) is 4.14. The lowest BCUT2D eigenvalue weighted by molar-refractivity contribution is 0.245. The molecule has 92 valence electrons. The lowest BCUT2D eigenvalue weighted by Gasteiger charge is -2.28. The van der Waals surface area contributed by atoms with Gasteiger partial charge in [-0.25, -0.2) is 4.98 Å². The van der Waals surface area contributed by atoms with Crippen LogP contribution >= 0.6 is 0 Å². The molecular weight excluding hydrogens is 198 g/mol. The number of hydrogen-bond acceptors (Lipinski definition) is 2. The van der Waals surface area contributed by atoms with E-state index in [0.717, 1.165) is 12.4 Å². The van der Waals surface area contributed by atoms with Crippen LogP contribution in [0, 0.1) is 11.3 Å². The van der Waals surface area contributed by atoms with Crippen LogP contribution in [0.4, 0.5) is 0 Å². The van der Waals surface area contributed by atoms with Gasteiger partial charge in [0, 0.05) is 19.4 Å². The van der Waals surface area contributed by atoms with Crippen LogP contribution in [-0.2, 0) is 7.05 Å². The molecule has 0 saturated heterocycles. The van der Waals surface area contributed by atoms with E-state index in [0.29, 0.717) is 17.4 Å². The second-order valence-corrected chi connectivity index (χ2v) is 5.79. The van der Waals surface area contributed by atoms with Crippen molar-refractivity contribution >= 4 is 0 Å². The van der Waals surface area contributed by atoms with Crippen LogP contribution < -0.4 is 5.32 Å². The zero-order chi connectivity index (χ0) is 12.3. The van der Waals surface area contributed by atoms with Gasteiger partial charge in [-0.1, -0.05) is 27.7 Å². The average Bonchev–Trinajstić information content (AvgIpc) is 2.58. The van der Waals surface area contributed by atoms with Crippen molar-refractivity contribution in [2.75, 3.05) is 6.54 Å². The molecule has 0 saturated carbocycles. The molecule has 1 rings (SSSR count). The fourth-order valence-corrected chi connectivity index (χ4v) is 1.55. The molecule has 0 amide bonds. The highest BCUT2D eigenvalue weighted by Crippen LogP contribution is 2.25. The first kappa shape index (κ1) is 13.2. The van der Waals surface area contributed by atoms with E-state index >= 15 is 0 Å². The topological polar surface area (TPSA) is 29.9 Å². The highest BCUT2D eigenvalue weighted by atomic mass is 15.1. The normalized spacial score (nSPS) is 16.1. The van der Waals surface area contributed by atoms with Crippen LogP contribution in [0.25, 0.3) is 0 Å². The molecule has 0 aliphatic carbocycles. The van der Waals surface area contributed by atoms with Crippen LogP contribution in [-0.4, -0.2) is 16.1 Å². The van der Waals surface area contributed by atoms with Crippen molar-refractivity contribution < 1.29 is 0 Å². The first-order chi connectivity index (χ1) is 7.32. The lowest BCUT2D eigenvalue weighted by Crippen LogP contribution is -2.32. The van der Waals surface area contributed by atoms with E-state index in [4.69, 9.17) is 0 Å². The van der Waals surface area contributed by atoms with Crippen LogP contribution in [0.15, 0.2) is 12.4 Å². The third kappa shape index (κ3) is 3.34. The van der Waals surface area contributed by atoms with Gasteiger partial charge in [0.25, 0.3) is 0 Å². The maximum absolute atomic E-state index is 4.36. The third-order valence-electron chi connectivity index (χ3n) is 3.45. The molecule has 2 unspecified atom stereocenters. The molecule has 1 heterocycles.